The highest BCUT2D eigenvalue weighted by atomic mass is 35.5. The van der Waals surface area contributed by atoms with Gasteiger partial charge in [-0.05, 0) is 61.0 Å². The first-order valence-electron chi connectivity index (χ1n) is 13.0. The summed E-state index contributed by atoms with van der Waals surface area (Å²) < 4.78 is 7.20. The molecule has 0 spiro atoms. The number of anilines is 2. The number of carbonyl (C=O) groups is 1. The lowest BCUT2D eigenvalue weighted by Gasteiger charge is -2.37. The van der Waals surface area contributed by atoms with Gasteiger partial charge < -0.3 is 14.5 Å². The zero-order valence-corrected chi connectivity index (χ0v) is 21.9. The quantitative estimate of drug-likeness (QED) is 0.251. The number of halogens is 1. The smallest absolute Gasteiger partial charge is 0.280 e. The van der Waals surface area contributed by atoms with Crippen LogP contribution in [0, 0.1) is 0 Å². The predicted molar refractivity (Wildman–Crippen MR) is 149 cm³/mol. The summed E-state index contributed by atoms with van der Waals surface area (Å²) in [5, 5.41) is 8.67. The predicted octanol–water partition coefficient (Wildman–Crippen LogP) is 6.06. The molecule has 0 bridgehead atoms. The van der Waals surface area contributed by atoms with Crippen molar-refractivity contribution in [2.75, 3.05) is 42.6 Å². The van der Waals surface area contributed by atoms with Crippen molar-refractivity contribution in [2.24, 2.45) is 0 Å². The fraction of sp³-hybridized carbons (Fsp3) is 0.345. The summed E-state index contributed by atoms with van der Waals surface area (Å²) in [5.41, 5.74) is 3.98. The summed E-state index contributed by atoms with van der Waals surface area (Å²) in [4.78, 5) is 17.7. The Morgan fingerprint density at radius 2 is 1.68 bits per heavy atom. The van der Waals surface area contributed by atoms with Gasteiger partial charge in [-0.1, -0.05) is 55.1 Å². The number of carbonyl (C=O) groups excluding carboxylic acids is 1. The van der Waals surface area contributed by atoms with Crippen LogP contribution in [-0.2, 0) is 0 Å². The molecule has 0 saturated carbocycles. The van der Waals surface area contributed by atoms with Crippen LogP contribution in [0.4, 0.5) is 11.4 Å². The highest BCUT2D eigenvalue weighted by Gasteiger charge is 2.21. The van der Waals surface area contributed by atoms with Gasteiger partial charge in [-0.25, -0.2) is 0 Å². The van der Waals surface area contributed by atoms with E-state index < -0.39 is 0 Å². The maximum absolute atomic E-state index is 13.1. The molecule has 0 aliphatic carbocycles. The van der Waals surface area contributed by atoms with E-state index in [1.54, 1.807) is 6.07 Å². The largest absolute Gasteiger partial charge is 0.494 e. The fourth-order valence-electron chi connectivity index (χ4n) is 4.72. The average molecular weight is 518 g/mol. The summed E-state index contributed by atoms with van der Waals surface area (Å²) in [6.07, 6.45) is 4.83. The van der Waals surface area contributed by atoms with Crippen LogP contribution in [0.25, 0.3) is 11.0 Å². The van der Waals surface area contributed by atoms with E-state index in [0.717, 1.165) is 50.6 Å². The molecule has 1 aliphatic heterocycles. The number of rotatable bonds is 9. The molecule has 0 unspecified atom stereocenters. The Labute approximate surface area is 222 Å². The maximum Gasteiger partial charge on any atom is 0.280 e. The summed E-state index contributed by atoms with van der Waals surface area (Å²) in [7, 11) is 0. The average Bonchev–Trinajstić information content (AvgIpc) is 3.37. The Balaban J connectivity index is 1.18. The molecular formula is C29H32ClN5O2. The van der Waals surface area contributed by atoms with Crippen LogP contribution in [0.3, 0.4) is 0 Å². The van der Waals surface area contributed by atoms with Gasteiger partial charge in [-0.15, -0.1) is 5.10 Å². The number of benzene rings is 3. The van der Waals surface area contributed by atoms with Crippen molar-refractivity contribution >= 4 is 39.9 Å². The van der Waals surface area contributed by atoms with Crippen LogP contribution in [0.5, 0.6) is 5.75 Å². The molecule has 1 aliphatic rings. The number of fused-ring (bicyclic) bond motifs is 1. The third-order valence-corrected chi connectivity index (χ3v) is 7.13. The third-order valence-electron chi connectivity index (χ3n) is 6.83. The highest BCUT2D eigenvalue weighted by Crippen LogP contribution is 2.30. The van der Waals surface area contributed by atoms with Crippen molar-refractivity contribution in [3.63, 3.8) is 0 Å². The number of piperazine rings is 1. The number of unbranched alkanes of at least 4 members (excludes halogenated alkanes) is 3. The lowest BCUT2D eigenvalue weighted by atomic mass is 10.1. The number of para-hydroxylation sites is 1. The van der Waals surface area contributed by atoms with Crippen LogP contribution < -0.4 is 14.5 Å². The minimum atomic E-state index is -0.250. The Kier molecular flexibility index (Phi) is 7.90. The summed E-state index contributed by atoms with van der Waals surface area (Å²) in [6, 6.07) is 21.3. The van der Waals surface area contributed by atoms with Crippen LogP contribution >= 0.6 is 11.6 Å². The molecule has 5 rings (SSSR count). The van der Waals surface area contributed by atoms with Crippen molar-refractivity contribution in [3.05, 3.63) is 77.3 Å². The zero-order chi connectivity index (χ0) is 25.6. The Bertz CT molecular complexity index is 1350. The van der Waals surface area contributed by atoms with E-state index in [1.165, 1.54) is 29.6 Å². The number of ether oxygens (including phenoxy) is 1. The number of hydrogen-bond acceptors (Lipinski definition) is 6. The first-order valence-corrected chi connectivity index (χ1v) is 13.4. The molecule has 0 amide bonds. The first-order chi connectivity index (χ1) is 18.1. The Hall–Kier alpha value is -3.58. The van der Waals surface area contributed by atoms with Gasteiger partial charge in [0.1, 0.15) is 11.3 Å². The van der Waals surface area contributed by atoms with Crippen LogP contribution in [-0.4, -0.2) is 53.7 Å². The SMILES string of the molecule is CCCCCCOc1ccc(N2CCN(c3ccc(C(=O)n4nnc5ccccc54)cc3Cl)CC2)cc1. The molecule has 0 atom stereocenters. The van der Waals surface area contributed by atoms with Gasteiger partial charge in [0.25, 0.3) is 5.91 Å². The number of aromatic nitrogens is 3. The molecule has 1 aromatic heterocycles. The van der Waals surface area contributed by atoms with Gasteiger partial charge in [0.15, 0.2) is 0 Å². The first kappa shape index (κ1) is 25.1. The molecule has 2 heterocycles. The summed E-state index contributed by atoms with van der Waals surface area (Å²) >= 11 is 6.66. The third kappa shape index (κ3) is 5.72. The van der Waals surface area contributed by atoms with E-state index in [4.69, 9.17) is 16.3 Å². The molecule has 1 fully saturated rings. The topological polar surface area (TPSA) is 63.5 Å². The Morgan fingerprint density at radius 1 is 0.919 bits per heavy atom. The van der Waals surface area contributed by atoms with E-state index in [2.05, 4.69) is 51.3 Å². The lowest BCUT2D eigenvalue weighted by Crippen LogP contribution is -2.46. The summed E-state index contributed by atoms with van der Waals surface area (Å²) in [5.74, 6) is 0.680. The number of hydrogen-bond donors (Lipinski definition) is 0. The van der Waals surface area contributed by atoms with Crippen molar-refractivity contribution in [2.45, 2.75) is 32.6 Å². The minimum absolute atomic E-state index is 0.250. The second kappa shape index (κ2) is 11.6. The summed E-state index contributed by atoms with van der Waals surface area (Å²) in [6.45, 7) is 6.46. The molecule has 0 N–H and O–H groups in total. The van der Waals surface area contributed by atoms with Crippen LogP contribution in [0.15, 0.2) is 66.7 Å². The van der Waals surface area contributed by atoms with Gasteiger partial charge in [0.2, 0.25) is 0 Å². The maximum atomic E-state index is 13.1. The Morgan fingerprint density at radius 3 is 2.43 bits per heavy atom. The molecule has 37 heavy (non-hydrogen) atoms. The van der Waals surface area contributed by atoms with E-state index in [1.807, 2.05) is 36.4 Å². The molecule has 7 nitrogen and oxygen atoms in total. The second-order valence-electron chi connectivity index (χ2n) is 9.34. The van der Waals surface area contributed by atoms with Crippen molar-refractivity contribution in [1.82, 2.24) is 15.0 Å². The van der Waals surface area contributed by atoms with Gasteiger partial charge in [-0.2, -0.15) is 4.68 Å². The molecule has 192 valence electrons. The molecule has 3 aromatic carbocycles. The van der Waals surface area contributed by atoms with Gasteiger partial charge in [0, 0.05) is 37.4 Å². The van der Waals surface area contributed by atoms with Crippen LogP contribution in [0.1, 0.15) is 43.0 Å². The van der Waals surface area contributed by atoms with Crippen molar-refractivity contribution < 1.29 is 9.53 Å². The molecule has 0 radical (unpaired) electrons. The van der Waals surface area contributed by atoms with Gasteiger partial charge in [-0.3, -0.25) is 4.79 Å². The van der Waals surface area contributed by atoms with E-state index in [9.17, 15) is 4.79 Å². The zero-order valence-electron chi connectivity index (χ0n) is 21.1. The second-order valence-corrected chi connectivity index (χ2v) is 9.75. The highest BCUT2D eigenvalue weighted by molar-refractivity contribution is 6.33. The lowest BCUT2D eigenvalue weighted by molar-refractivity contribution is 0.0948. The van der Waals surface area contributed by atoms with Crippen LogP contribution in [0.2, 0.25) is 5.02 Å². The number of nitrogens with zero attached hydrogens (tertiary/aromatic N) is 5. The molecule has 1 saturated heterocycles. The van der Waals surface area contributed by atoms with Crippen molar-refractivity contribution in [1.29, 1.82) is 0 Å². The van der Waals surface area contributed by atoms with E-state index in [-0.39, 0.29) is 5.91 Å². The van der Waals surface area contributed by atoms with Gasteiger partial charge >= 0.3 is 0 Å². The van der Waals surface area contributed by atoms with Crippen molar-refractivity contribution in [3.8, 4) is 5.75 Å². The normalized spacial score (nSPS) is 13.8. The minimum Gasteiger partial charge on any atom is -0.494 e. The molecule has 8 heteroatoms. The fourth-order valence-corrected chi connectivity index (χ4v) is 5.02. The van der Waals surface area contributed by atoms with E-state index >= 15 is 0 Å². The monoisotopic (exact) mass is 517 g/mol. The molecule has 4 aromatic rings. The standard InChI is InChI=1S/C29H32ClN5O2/c1-2-3-4-7-20-37-24-13-11-23(12-14-24)33-16-18-34(19-17-33)27-15-10-22(21-25(27)30)29(36)35-28-9-6-5-8-26(28)31-32-35/h5-6,8-15,21H,2-4,7,16-20H2,1H3. The van der Waals surface area contributed by atoms with E-state index in [0.29, 0.717) is 21.6 Å². The van der Waals surface area contributed by atoms with Gasteiger partial charge in [0.05, 0.1) is 22.8 Å². The molecular weight excluding hydrogens is 486 g/mol.